The van der Waals surface area contributed by atoms with Crippen molar-refractivity contribution in [3.63, 3.8) is 0 Å². The monoisotopic (exact) mass is 410 g/mol. The summed E-state index contributed by atoms with van der Waals surface area (Å²) in [6.45, 7) is 9.00. The van der Waals surface area contributed by atoms with E-state index in [9.17, 15) is 5.11 Å². The van der Waals surface area contributed by atoms with Crippen LogP contribution in [0.3, 0.4) is 0 Å². The maximum absolute atomic E-state index is 11.2. The molecule has 1 N–H and O–H groups in total. The summed E-state index contributed by atoms with van der Waals surface area (Å²) in [5.74, 6) is 2.25. The lowest BCUT2D eigenvalue weighted by Crippen LogP contribution is -2.45. The molecule has 1 fully saturated rings. The largest absolute Gasteiger partial charge is 0.508 e. The Morgan fingerprint density at radius 3 is 2.53 bits per heavy atom. The quantitative estimate of drug-likeness (QED) is 0.363. The molecule has 166 valence electrons. The molecular weight excluding hydrogens is 368 g/mol. The second-order valence-corrected chi connectivity index (χ2v) is 11.0. The van der Waals surface area contributed by atoms with Crippen LogP contribution in [0.15, 0.2) is 23.8 Å². The molecule has 1 heterocycles. The highest BCUT2D eigenvalue weighted by atomic mass is 16.5. The molecule has 0 unspecified atom stereocenters. The molecule has 0 bridgehead atoms. The number of rotatable bonds is 7. The van der Waals surface area contributed by atoms with Crippen LogP contribution in [0.2, 0.25) is 0 Å². The molecule has 0 radical (unpaired) electrons. The van der Waals surface area contributed by atoms with Crippen molar-refractivity contribution in [3.05, 3.63) is 34.9 Å². The van der Waals surface area contributed by atoms with E-state index in [4.69, 9.17) is 4.74 Å². The van der Waals surface area contributed by atoms with E-state index in [1.807, 2.05) is 0 Å². The number of hydrogen-bond donors (Lipinski definition) is 1. The lowest BCUT2D eigenvalue weighted by atomic mass is 9.66. The van der Waals surface area contributed by atoms with Crippen molar-refractivity contribution >= 4 is 0 Å². The highest BCUT2D eigenvalue weighted by molar-refractivity contribution is 5.54. The van der Waals surface area contributed by atoms with Crippen molar-refractivity contribution < 1.29 is 9.84 Å². The van der Waals surface area contributed by atoms with Gasteiger partial charge in [0.2, 0.25) is 0 Å². The van der Waals surface area contributed by atoms with Crippen molar-refractivity contribution in [1.82, 2.24) is 0 Å². The van der Waals surface area contributed by atoms with E-state index in [1.165, 1.54) is 75.3 Å². The van der Waals surface area contributed by atoms with E-state index in [-0.39, 0.29) is 11.0 Å². The Labute approximate surface area is 184 Å². The van der Waals surface area contributed by atoms with Gasteiger partial charge >= 0.3 is 0 Å². The zero-order valence-corrected chi connectivity index (χ0v) is 19.7. The second-order valence-electron chi connectivity index (χ2n) is 11.0. The normalized spacial score (nSPS) is 26.5. The van der Waals surface area contributed by atoms with Crippen molar-refractivity contribution in [3.8, 4) is 11.5 Å². The lowest BCUT2D eigenvalue weighted by molar-refractivity contribution is 0.00739. The Balaban J connectivity index is 1.65. The minimum Gasteiger partial charge on any atom is -0.508 e. The van der Waals surface area contributed by atoms with E-state index in [0.717, 1.165) is 24.2 Å². The molecule has 2 aliphatic carbocycles. The fourth-order valence-electron chi connectivity index (χ4n) is 6.67. The molecule has 1 saturated carbocycles. The van der Waals surface area contributed by atoms with Gasteiger partial charge in [-0.1, -0.05) is 63.5 Å². The van der Waals surface area contributed by atoms with Gasteiger partial charge in [0.25, 0.3) is 0 Å². The van der Waals surface area contributed by atoms with Crippen LogP contribution in [0.4, 0.5) is 0 Å². The van der Waals surface area contributed by atoms with Crippen LogP contribution >= 0.6 is 0 Å². The third kappa shape index (κ3) is 4.04. The Kier molecular flexibility index (Phi) is 6.24. The first kappa shape index (κ1) is 21.8. The van der Waals surface area contributed by atoms with E-state index >= 15 is 0 Å². The van der Waals surface area contributed by atoms with Gasteiger partial charge in [0.05, 0.1) is 0 Å². The van der Waals surface area contributed by atoms with Crippen molar-refractivity contribution in [2.75, 3.05) is 0 Å². The van der Waals surface area contributed by atoms with Crippen LogP contribution in [0, 0.1) is 5.92 Å². The molecule has 1 aromatic rings. The molecule has 1 aliphatic heterocycles. The molecule has 2 nitrogen and oxygen atoms in total. The molecule has 2 heteroatoms. The summed E-state index contributed by atoms with van der Waals surface area (Å²) >= 11 is 0. The van der Waals surface area contributed by atoms with E-state index in [1.54, 1.807) is 0 Å². The number of hydrogen-bond acceptors (Lipinski definition) is 2. The molecule has 30 heavy (non-hydrogen) atoms. The first-order valence-corrected chi connectivity index (χ1v) is 12.6. The molecular formula is C28H42O2. The molecule has 0 aromatic heterocycles. The first-order chi connectivity index (χ1) is 14.4. The highest BCUT2D eigenvalue weighted by Gasteiger charge is 2.46. The Hall–Kier alpha value is -1.44. The van der Waals surface area contributed by atoms with Crippen molar-refractivity contribution in [2.45, 2.75) is 122 Å². The first-order valence-electron chi connectivity index (χ1n) is 12.6. The summed E-state index contributed by atoms with van der Waals surface area (Å²) < 4.78 is 6.62. The number of phenols is 1. The predicted octanol–water partition coefficient (Wildman–Crippen LogP) is 8.18. The SMILES string of the molecule is CCCCCCCC1(c2cc(O)c3c(c2)OC(C)(C)[C@@H]2CC=C(C)C[C@@H]32)CCCC1. The number of ether oxygens (including phenoxy) is 1. The highest BCUT2D eigenvalue weighted by Crippen LogP contribution is 2.56. The minimum absolute atomic E-state index is 0.192. The number of benzene rings is 1. The number of fused-ring (bicyclic) bond motifs is 3. The van der Waals surface area contributed by atoms with Gasteiger partial charge in [0.15, 0.2) is 0 Å². The number of phenolic OH excluding ortho intramolecular Hbond substituents is 1. The van der Waals surface area contributed by atoms with Gasteiger partial charge in [0.1, 0.15) is 17.1 Å². The Bertz CT molecular complexity index is 782. The fraction of sp³-hybridized carbons (Fsp3) is 0.714. The van der Waals surface area contributed by atoms with Gasteiger partial charge in [-0.25, -0.2) is 0 Å². The van der Waals surface area contributed by atoms with Crippen LogP contribution < -0.4 is 4.74 Å². The molecule has 2 atom stereocenters. The van der Waals surface area contributed by atoms with Crippen molar-refractivity contribution in [1.29, 1.82) is 0 Å². The molecule has 1 aromatic carbocycles. The molecule has 0 saturated heterocycles. The second kappa shape index (κ2) is 8.60. The number of allylic oxidation sites excluding steroid dienone is 2. The van der Waals surface area contributed by atoms with E-state index < -0.39 is 0 Å². The topological polar surface area (TPSA) is 29.5 Å². The van der Waals surface area contributed by atoms with E-state index in [0.29, 0.717) is 17.6 Å². The van der Waals surface area contributed by atoms with Crippen molar-refractivity contribution in [2.24, 2.45) is 5.92 Å². The average Bonchev–Trinajstić information content (AvgIpc) is 3.16. The molecule has 4 rings (SSSR count). The molecule has 0 spiro atoms. The van der Waals surface area contributed by atoms with E-state index in [2.05, 4.69) is 45.9 Å². The summed E-state index contributed by atoms with van der Waals surface area (Å²) in [4.78, 5) is 0. The van der Waals surface area contributed by atoms with Crippen LogP contribution in [0.5, 0.6) is 11.5 Å². The average molecular weight is 411 g/mol. The third-order valence-electron chi connectivity index (χ3n) is 8.44. The summed E-state index contributed by atoms with van der Waals surface area (Å²) in [7, 11) is 0. The lowest BCUT2D eigenvalue weighted by Gasteiger charge is -2.47. The van der Waals surface area contributed by atoms with Gasteiger partial charge in [-0.3, -0.25) is 0 Å². The summed E-state index contributed by atoms with van der Waals surface area (Å²) in [6, 6.07) is 4.46. The Morgan fingerprint density at radius 2 is 1.80 bits per heavy atom. The summed E-state index contributed by atoms with van der Waals surface area (Å²) in [5, 5.41) is 11.2. The van der Waals surface area contributed by atoms with Crippen LogP contribution in [0.1, 0.15) is 122 Å². The maximum atomic E-state index is 11.2. The third-order valence-corrected chi connectivity index (χ3v) is 8.44. The molecule has 3 aliphatic rings. The van der Waals surface area contributed by atoms with Gasteiger partial charge in [-0.05, 0) is 76.0 Å². The summed E-state index contributed by atoms with van der Waals surface area (Å²) in [6.07, 6.45) is 17.5. The number of unbranched alkanes of at least 4 members (excludes halogenated alkanes) is 4. The Morgan fingerprint density at radius 1 is 1.07 bits per heavy atom. The van der Waals surface area contributed by atoms with Crippen LogP contribution in [-0.2, 0) is 5.41 Å². The van der Waals surface area contributed by atoms with Crippen LogP contribution in [-0.4, -0.2) is 10.7 Å². The van der Waals surface area contributed by atoms with Gasteiger partial charge in [0, 0.05) is 17.4 Å². The predicted molar refractivity (Wildman–Crippen MR) is 126 cm³/mol. The zero-order chi connectivity index (χ0) is 21.4. The summed E-state index contributed by atoms with van der Waals surface area (Å²) in [5.41, 5.74) is 3.91. The number of aromatic hydroxyl groups is 1. The zero-order valence-electron chi connectivity index (χ0n) is 19.7. The smallest absolute Gasteiger partial charge is 0.127 e. The van der Waals surface area contributed by atoms with Gasteiger partial charge in [-0.15, -0.1) is 0 Å². The van der Waals surface area contributed by atoms with Crippen LogP contribution in [0.25, 0.3) is 0 Å². The maximum Gasteiger partial charge on any atom is 0.127 e. The standard InChI is InChI=1S/C28H42O2/c1-5-6-7-8-9-14-28(15-10-11-16-28)21-18-24(29)26-22-17-20(2)12-13-23(22)27(3,4)30-25(26)19-21/h12,18-19,22-23,29H,5-11,13-17H2,1-4H3/t22-,23-/m1/s1. The molecule has 0 amide bonds. The minimum atomic E-state index is -0.192. The fourth-order valence-corrected chi connectivity index (χ4v) is 6.67. The van der Waals surface area contributed by atoms with Gasteiger partial charge in [-0.2, -0.15) is 0 Å². The van der Waals surface area contributed by atoms with Gasteiger partial charge < -0.3 is 9.84 Å².